The molecule has 0 aliphatic carbocycles. The zero-order chi connectivity index (χ0) is 18.6. The van der Waals surface area contributed by atoms with Crippen molar-refractivity contribution >= 4 is 0 Å². The number of aliphatic hydroxyl groups is 2. The van der Waals surface area contributed by atoms with E-state index in [0.717, 1.165) is 6.92 Å². The fourth-order valence-corrected chi connectivity index (χ4v) is 2.16. The Bertz CT molecular complexity index is 764. The Morgan fingerprint density at radius 1 is 1.55 bits per heavy atom. The number of aromatic nitrogens is 2. The molecule has 5 atom stereocenters. The number of alkyl halides is 4. The summed E-state index contributed by atoms with van der Waals surface area (Å²) in [5.74, 6) is 0. The van der Waals surface area contributed by atoms with Crippen LogP contribution in [0.15, 0.2) is 21.8 Å². The van der Waals surface area contributed by atoms with Gasteiger partial charge in [0.25, 0.3) is 11.2 Å². The summed E-state index contributed by atoms with van der Waals surface area (Å²) in [6.07, 6.45) is -16.7. The van der Waals surface area contributed by atoms with Crippen LogP contribution in [0.1, 0.15) is 15.9 Å². The van der Waals surface area contributed by atoms with Crippen molar-refractivity contribution < 1.29 is 35.3 Å². The molecule has 2 unspecified atom stereocenters. The minimum absolute atomic E-state index is 0.233. The topological polar surface area (TPSA) is 105 Å². The Kier molecular flexibility index (Phi) is 3.27. The average molecular weight is 330 g/mol. The number of aliphatic hydroxyl groups excluding tert-OH is 2. The standard InChI is InChI=1S/C11H12F4N2O5/c1-4(18)6-7(20)10(12,11(13,14)15)8(22-6)17-3-2-5(19)16-9(17)21/h2-4,6-8,18,20H,1H3,(H,16,19,21)/t4?,6-,7?,8-,10-/m1/s1/i2D,3D. The third kappa shape index (κ3) is 2.34. The maximum Gasteiger partial charge on any atom is 0.429 e. The van der Waals surface area contributed by atoms with Crippen molar-refractivity contribution in [2.75, 3.05) is 0 Å². The Hall–Kier alpha value is -1.72. The average Bonchev–Trinajstić information content (AvgIpc) is 2.71. The molecule has 0 aromatic carbocycles. The van der Waals surface area contributed by atoms with Gasteiger partial charge in [-0.05, 0) is 6.92 Å². The highest BCUT2D eigenvalue weighted by atomic mass is 19.4. The molecule has 1 aliphatic rings. The number of H-pyrrole nitrogens is 1. The first-order valence-electron chi connectivity index (χ1n) is 6.93. The maximum atomic E-state index is 14.8. The molecule has 2 heterocycles. The van der Waals surface area contributed by atoms with E-state index in [4.69, 9.17) is 2.74 Å². The third-order valence-electron chi connectivity index (χ3n) is 3.26. The summed E-state index contributed by atoms with van der Waals surface area (Å²) in [6, 6.07) is -1.20. The van der Waals surface area contributed by atoms with Crippen LogP contribution >= 0.6 is 0 Å². The predicted octanol–water partition coefficient (Wildman–Crippen LogP) is -0.554. The smallest absolute Gasteiger partial charge is 0.391 e. The van der Waals surface area contributed by atoms with E-state index in [0.29, 0.717) is 0 Å². The Labute approximate surface area is 122 Å². The van der Waals surface area contributed by atoms with Crippen LogP contribution in [0.25, 0.3) is 0 Å². The van der Waals surface area contributed by atoms with Gasteiger partial charge in [0.15, 0.2) is 6.23 Å². The molecule has 3 N–H and O–H groups in total. The SMILES string of the molecule is [2H]c1c([2H])n([C@@H]2O[C@H](C(C)O)C(O)[C@]2(F)C(F)(F)F)c(=O)[nH]c1=O. The molecule has 0 spiro atoms. The summed E-state index contributed by atoms with van der Waals surface area (Å²) in [5.41, 5.74) is -7.54. The molecule has 2 rings (SSSR count). The maximum absolute atomic E-state index is 14.8. The second-order valence-corrected chi connectivity index (χ2v) is 4.77. The molecular formula is C11H12F4N2O5. The van der Waals surface area contributed by atoms with Crippen molar-refractivity contribution in [3.63, 3.8) is 0 Å². The van der Waals surface area contributed by atoms with Crippen LogP contribution in [0.2, 0.25) is 0 Å². The lowest BCUT2D eigenvalue weighted by molar-refractivity contribution is -0.274. The van der Waals surface area contributed by atoms with E-state index < -0.39 is 59.8 Å². The van der Waals surface area contributed by atoms with E-state index in [-0.39, 0.29) is 4.57 Å². The summed E-state index contributed by atoms with van der Waals surface area (Å²) in [4.78, 5) is 24.4. The molecule has 0 bridgehead atoms. The van der Waals surface area contributed by atoms with Crippen molar-refractivity contribution in [2.45, 2.75) is 43.3 Å². The van der Waals surface area contributed by atoms with Gasteiger partial charge in [0, 0.05) is 12.2 Å². The Balaban J connectivity index is 2.75. The molecule has 11 heteroatoms. The van der Waals surface area contributed by atoms with Crippen molar-refractivity contribution in [3.05, 3.63) is 33.1 Å². The quantitative estimate of drug-likeness (QED) is 0.631. The van der Waals surface area contributed by atoms with Gasteiger partial charge in [-0.25, -0.2) is 9.18 Å². The number of ether oxygens (including phenoxy) is 1. The minimum atomic E-state index is -5.75. The number of hydrogen-bond donors (Lipinski definition) is 3. The first-order chi connectivity index (χ1) is 10.8. The molecule has 22 heavy (non-hydrogen) atoms. The molecule has 1 saturated heterocycles. The number of halogens is 4. The number of rotatable bonds is 2. The minimum Gasteiger partial charge on any atom is -0.391 e. The van der Waals surface area contributed by atoms with E-state index in [1.807, 2.05) is 0 Å². The highest BCUT2D eigenvalue weighted by molar-refractivity contribution is 5.08. The Morgan fingerprint density at radius 3 is 2.64 bits per heavy atom. The van der Waals surface area contributed by atoms with Crippen LogP contribution in [-0.4, -0.2) is 49.9 Å². The summed E-state index contributed by atoms with van der Waals surface area (Å²) < 4.78 is 73.6. The number of nitrogens with zero attached hydrogens (tertiary/aromatic N) is 1. The highest BCUT2D eigenvalue weighted by Crippen LogP contribution is 2.51. The van der Waals surface area contributed by atoms with E-state index in [1.165, 1.54) is 4.98 Å². The lowest BCUT2D eigenvalue weighted by Crippen LogP contribution is -2.56. The van der Waals surface area contributed by atoms with Crippen molar-refractivity contribution in [1.82, 2.24) is 9.55 Å². The molecule has 1 aliphatic heterocycles. The molecule has 1 aromatic rings. The highest BCUT2D eigenvalue weighted by Gasteiger charge is 2.73. The van der Waals surface area contributed by atoms with Crippen molar-refractivity contribution in [2.24, 2.45) is 0 Å². The van der Waals surface area contributed by atoms with E-state index in [2.05, 4.69) is 4.74 Å². The first-order valence-corrected chi connectivity index (χ1v) is 5.93. The van der Waals surface area contributed by atoms with Crippen LogP contribution in [0.3, 0.4) is 0 Å². The molecule has 0 radical (unpaired) electrons. The predicted molar refractivity (Wildman–Crippen MR) is 62.8 cm³/mol. The second-order valence-electron chi connectivity index (χ2n) is 4.77. The zero-order valence-corrected chi connectivity index (χ0v) is 10.9. The van der Waals surface area contributed by atoms with Gasteiger partial charge in [0.1, 0.15) is 12.2 Å². The van der Waals surface area contributed by atoms with Gasteiger partial charge < -0.3 is 14.9 Å². The number of nitrogens with one attached hydrogen (secondary N) is 1. The van der Waals surface area contributed by atoms with E-state index >= 15 is 0 Å². The summed E-state index contributed by atoms with van der Waals surface area (Å²) in [7, 11) is 0. The lowest BCUT2D eigenvalue weighted by Gasteiger charge is -2.31. The Morgan fingerprint density at radius 2 is 2.14 bits per heavy atom. The first kappa shape index (κ1) is 13.9. The van der Waals surface area contributed by atoms with Crippen molar-refractivity contribution in [1.29, 1.82) is 0 Å². The van der Waals surface area contributed by atoms with Gasteiger partial charge in [0.2, 0.25) is 0 Å². The molecule has 1 fully saturated rings. The fourth-order valence-electron chi connectivity index (χ4n) is 2.16. The lowest BCUT2D eigenvalue weighted by atomic mass is 9.93. The summed E-state index contributed by atoms with van der Waals surface area (Å²) in [6.45, 7) is 0.931. The van der Waals surface area contributed by atoms with E-state index in [9.17, 15) is 37.4 Å². The largest absolute Gasteiger partial charge is 0.429 e. The fraction of sp³-hybridized carbons (Fsp3) is 0.636. The van der Waals surface area contributed by atoms with Gasteiger partial charge >= 0.3 is 11.9 Å². The third-order valence-corrected chi connectivity index (χ3v) is 3.26. The van der Waals surface area contributed by atoms with Crippen molar-refractivity contribution in [3.8, 4) is 0 Å². The van der Waals surface area contributed by atoms with Gasteiger partial charge in [-0.2, -0.15) is 13.2 Å². The van der Waals surface area contributed by atoms with Gasteiger partial charge in [-0.1, -0.05) is 0 Å². The van der Waals surface area contributed by atoms with E-state index in [1.54, 1.807) is 0 Å². The molecule has 124 valence electrons. The van der Waals surface area contributed by atoms with Crippen LogP contribution in [0.5, 0.6) is 0 Å². The summed E-state index contributed by atoms with van der Waals surface area (Å²) >= 11 is 0. The number of hydrogen-bond acceptors (Lipinski definition) is 5. The monoisotopic (exact) mass is 330 g/mol. The molecule has 1 aromatic heterocycles. The molecule has 0 saturated carbocycles. The van der Waals surface area contributed by atoms with Crippen LogP contribution in [0.4, 0.5) is 17.6 Å². The van der Waals surface area contributed by atoms with Gasteiger partial charge in [-0.15, -0.1) is 0 Å². The van der Waals surface area contributed by atoms with Gasteiger partial charge in [0.05, 0.1) is 8.85 Å². The number of aromatic amines is 1. The molecule has 7 nitrogen and oxygen atoms in total. The normalized spacial score (nSPS) is 35.1. The van der Waals surface area contributed by atoms with Crippen LogP contribution in [0, 0.1) is 0 Å². The van der Waals surface area contributed by atoms with Gasteiger partial charge in [-0.3, -0.25) is 14.3 Å². The van der Waals surface area contributed by atoms with Crippen LogP contribution in [-0.2, 0) is 4.74 Å². The second kappa shape index (κ2) is 5.18. The summed E-state index contributed by atoms with van der Waals surface area (Å²) in [5, 5.41) is 19.1. The van der Waals surface area contributed by atoms with Crippen LogP contribution < -0.4 is 11.2 Å². The zero-order valence-electron chi connectivity index (χ0n) is 12.9. The molecular weight excluding hydrogens is 316 g/mol. The molecule has 0 amide bonds.